The number of aromatic nitrogens is 1. The minimum atomic E-state index is -3.51. The van der Waals surface area contributed by atoms with Crippen LogP contribution < -0.4 is 14.9 Å². The monoisotopic (exact) mass is 500 g/mol. The zero-order valence-electron chi connectivity index (χ0n) is 19.2. The third-order valence-corrected chi connectivity index (χ3v) is 8.26. The fourth-order valence-electron chi connectivity index (χ4n) is 3.80. The minimum absolute atomic E-state index is 0.306. The molecule has 2 aromatic carbocycles. The van der Waals surface area contributed by atoms with Crippen molar-refractivity contribution in [3.05, 3.63) is 53.4 Å². The van der Waals surface area contributed by atoms with E-state index in [-0.39, 0.29) is 0 Å². The number of sulfonamides is 1. The van der Waals surface area contributed by atoms with Crippen molar-refractivity contribution in [2.75, 3.05) is 32.7 Å². The molecule has 1 aromatic heterocycles. The van der Waals surface area contributed by atoms with E-state index in [0.717, 1.165) is 36.8 Å². The van der Waals surface area contributed by atoms with Crippen molar-refractivity contribution in [1.82, 2.24) is 9.29 Å². The Morgan fingerprint density at radius 1 is 1.03 bits per heavy atom. The number of thiazole rings is 1. The van der Waals surface area contributed by atoms with Crippen LogP contribution in [0, 0.1) is 0 Å². The van der Waals surface area contributed by atoms with E-state index in [1.165, 1.54) is 11.3 Å². The van der Waals surface area contributed by atoms with Crippen LogP contribution in [0.1, 0.15) is 31.2 Å². The number of methoxy groups -OCH3 is 2. The van der Waals surface area contributed by atoms with Crippen LogP contribution in [0.15, 0.2) is 57.8 Å². The molecule has 0 aliphatic carbocycles. The van der Waals surface area contributed by atoms with Crippen molar-refractivity contribution in [2.24, 2.45) is 5.10 Å². The van der Waals surface area contributed by atoms with Crippen molar-refractivity contribution in [2.45, 2.75) is 30.6 Å². The number of nitrogens with one attached hydrogen (secondary N) is 1. The SMILES string of the molecule is COc1ccc(C=NNc2nc(-c3cccc(S(=O)(=O)N4CCCCCC4)c3)cs2)cc1OC. The van der Waals surface area contributed by atoms with Gasteiger partial charge in [0.2, 0.25) is 15.2 Å². The van der Waals surface area contributed by atoms with Crippen LogP contribution in [-0.2, 0) is 10.0 Å². The summed E-state index contributed by atoms with van der Waals surface area (Å²) in [6, 6.07) is 12.5. The predicted molar refractivity (Wildman–Crippen MR) is 136 cm³/mol. The van der Waals surface area contributed by atoms with Crippen LogP contribution in [0.3, 0.4) is 0 Å². The third kappa shape index (κ3) is 5.57. The topological polar surface area (TPSA) is 93.1 Å². The van der Waals surface area contributed by atoms with Gasteiger partial charge in [0.25, 0.3) is 0 Å². The molecule has 1 aliphatic rings. The normalized spacial score (nSPS) is 15.2. The molecule has 2 heterocycles. The summed E-state index contributed by atoms with van der Waals surface area (Å²) in [6.45, 7) is 1.16. The first-order chi connectivity index (χ1) is 16.5. The lowest BCUT2D eigenvalue weighted by Crippen LogP contribution is -2.31. The molecule has 0 radical (unpaired) electrons. The fraction of sp³-hybridized carbons (Fsp3) is 0.333. The maximum Gasteiger partial charge on any atom is 0.243 e. The first-order valence-electron chi connectivity index (χ1n) is 11.1. The van der Waals surface area contributed by atoms with Crippen LogP contribution in [-0.4, -0.2) is 51.2 Å². The molecule has 0 saturated carbocycles. The van der Waals surface area contributed by atoms with E-state index >= 15 is 0 Å². The molecule has 0 atom stereocenters. The molecule has 4 rings (SSSR count). The van der Waals surface area contributed by atoms with Gasteiger partial charge >= 0.3 is 0 Å². The second-order valence-corrected chi connectivity index (χ2v) is 10.7. The fourth-order valence-corrected chi connectivity index (χ4v) is 6.03. The average molecular weight is 501 g/mol. The van der Waals surface area contributed by atoms with Gasteiger partial charge in [0.05, 0.1) is 31.0 Å². The van der Waals surface area contributed by atoms with Gasteiger partial charge in [0.15, 0.2) is 11.5 Å². The van der Waals surface area contributed by atoms with Crippen molar-refractivity contribution in [3.63, 3.8) is 0 Å². The average Bonchev–Trinajstić information content (AvgIpc) is 3.15. The maximum atomic E-state index is 13.2. The second-order valence-electron chi connectivity index (χ2n) is 7.87. The second kappa shape index (κ2) is 11.0. The number of rotatable bonds is 8. The van der Waals surface area contributed by atoms with Crippen molar-refractivity contribution in [1.29, 1.82) is 0 Å². The first-order valence-corrected chi connectivity index (χ1v) is 13.4. The van der Waals surface area contributed by atoms with Gasteiger partial charge in [-0.3, -0.25) is 5.43 Å². The number of hydrazone groups is 1. The number of hydrogen-bond donors (Lipinski definition) is 1. The first kappa shape index (κ1) is 24.2. The number of nitrogens with zero attached hydrogens (tertiary/aromatic N) is 3. The van der Waals surface area contributed by atoms with Crippen LogP contribution in [0.5, 0.6) is 11.5 Å². The van der Waals surface area contributed by atoms with E-state index in [1.807, 2.05) is 29.6 Å². The molecule has 8 nitrogen and oxygen atoms in total. The largest absolute Gasteiger partial charge is 0.493 e. The molecule has 180 valence electrons. The van der Waals surface area contributed by atoms with Crippen molar-refractivity contribution >= 4 is 32.7 Å². The Kier molecular flexibility index (Phi) is 7.81. The summed E-state index contributed by atoms with van der Waals surface area (Å²) >= 11 is 1.40. The Morgan fingerprint density at radius 2 is 1.79 bits per heavy atom. The van der Waals surface area contributed by atoms with Gasteiger partial charge in [0, 0.05) is 24.0 Å². The highest BCUT2D eigenvalue weighted by Crippen LogP contribution is 2.29. The lowest BCUT2D eigenvalue weighted by molar-refractivity contribution is 0.355. The van der Waals surface area contributed by atoms with Crippen LogP contribution in [0.4, 0.5) is 5.13 Å². The number of anilines is 1. The van der Waals surface area contributed by atoms with E-state index in [0.29, 0.717) is 40.3 Å². The minimum Gasteiger partial charge on any atom is -0.493 e. The summed E-state index contributed by atoms with van der Waals surface area (Å²) < 4.78 is 38.5. The lowest BCUT2D eigenvalue weighted by atomic mass is 10.2. The van der Waals surface area contributed by atoms with Gasteiger partial charge < -0.3 is 9.47 Å². The molecule has 1 saturated heterocycles. The molecule has 1 fully saturated rings. The number of hydrogen-bond acceptors (Lipinski definition) is 8. The number of benzene rings is 2. The lowest BCUT2D eigenvalue weighted by Gasteiger charge is -2.20. The zero-order valence-corrected chi connectivity index (χ0v) is 20.9. The van der Waals surface area contributed by atoms with Gasteiger partial charge in [-0.2, -0.15) is 9.41 Å². The molecule has 0 amide bonds. The molecule has 0 unspecified atom stereocenters. The Morgan fingerprint density at radius 3 is 2.53 bits per heavy atom. The smallest absolute Gasteiger partial charge is 0.243 e. The van der Waals surface area contributed by atoms with E-state index < -0.39 is 10.0 Å². The van der Waals surface area contributed by atoms with E-state index in [9.17, 15) is 8.42 Å². The summed E-state index contributed by atoms with van der Waals surface area (Å²) in [4.78, 5) is 4.87. The summed E-state index contributed by atoms with van der Waals surface area (Å²) in [7, 11) is -0.338. The molecule has 10 heteroatoms. The van der Waals surface area contributed by atoms with Gasteiger partial charge in [-0.25, -0.2) is 13.4 Å². The summed E-state index contributed by atoms with van der Waals surface area (Å²) in [5.41, 5.74) is 5.22. The zero-order chi connectivity index (χ0) is 24.0. The quantitative estimate of drug-likeness (QED) is 0.352. The molecular weight excluding hydrogens is 472 g/mol. The van der Waals surface area contributed by atoms with Crippen LogP contribution in [0.25, 0.3) is 11.3 Å². The Labute approximate surface area is 204 Å². The van der Waals surface area contributed by atoms with Gasteiger partial charge in [-0.05, 0) is 48.7 Å². The standard InChI is InChI=1S/C24H28N4O4S2/c1-31-22-11-10-18(14-23(22)32-2)16-25-27-24-26-21(17-33-24)19-8-7-9-20(15-19)34(29,30)28-12-5-3-4-6-13-28/h7-11,14-17H,3-6,12-13H2,1-2H3,(H,26,27). The van der Waals surface area contributed by atoms with E-state index in [2.05, 4.69) is 15.5 Å². The van der Waals surface area contributed by atoms with Crippen LogP contribution >= 0.6 is 11.3 Å². The van der Waals surface area contributed by atoms with Crippen LogP contribution in [0.2, 0.25) is 0 Å². The molecule has 3 aromatic rings. The Bertz CT molecular complexity index is 1250. The van der Waals surface area contributed by atoms with Gasteiger partial charge in [0.1, 0.15) is 0 Å². The number of ether oxygens (including phenoxy) is 2. The highest BCUT2D eigenvalue weighted by atomic mass is 32.2. The molecule has 0 bridgehead atoms. The third-order valence-electron chi connectivity index (χ3n) is 5.62. The van der Waals surface area contributed by atoms with Crippen molar-refractivity contribution < 1.29 is 17.9 Å². The highest BCUT2D eigenvalue weighted by molar-refractivity contribution is 7.89. The van der Waals surface area contributed by atoms with Gasteiger partial charge in [-0.15, -0.1) is 11.3 Å². The van der Waals surface area contributed by atoms with E-state index in [1.54, 1.807) is 42.9 Å². The summed E-state index contributed by atoms with van der Waals surface area (Å²) in [5.74, 6) is 1.27. The Balaban J connectivity index is 1.46. The maximum absolute atomic E-state index is 13.2. The van der Waals surface area contributed by atoms with Crippen molar-refractivity contribution in [3.8, 4) is 22.8 Å². The molecule has 1 N–H and O–H groups in total. The van der Waals surface area contributed by atoms with E-state index in [4.69, 9.17) is 9.47 Å². The Hall–Kier alpha value is -2.95. The molecular formula is C24H28N4O4S2. The molecule has 0 spiro atoms. The summed E-state index contributed by atoms with van der Waals surface area (Å²) in [5, 5.41) is 6.74. The molecule has 34 heavy (non-hydrogen) atoms. The summed E-state index contributed by atoms with van der Waals surface area (Å²) in [6.07, 6.45) is 5.63. The molecule has 1 aliphatic heterocycles. The predicted octanol–water partition coefficient (Wildman–Crippen LogP) is 4.84. The highest BCUT2D eigenvalue weighted by Gasteiger charge is 2.25. The van der Waals surface area contributed by atoms with Gasteiger partial charge in [-0.1, -0.05) is 25.0 Å².